The predicted molar refractivity (Wildman–Crippen MR) is 257 cm³/mol. The smallest absolute Gasteiger partial charge is 0.417 e. The van der Waals surface area contributed by atoms with Crippen molar-refractivity contribution in [1.29, 1.82) is 0 Å². The predicted octanol–water partition coefficient (Wildman–Crippen LogP) is 7.62. The molecule has 354 valence electrons. The van der Waals surface area contributed by atoms with Gasteiger partial charge in [-0.1, -0.05) is 48.6 Å². The van der Waals surface area contributed by atoms with Crippen molar-refractivity contribution in [2.75, 3.05) is 54.2 Å². The molecular formula is C52H44F3N9O5S. The first-order valence-corrected chi connectivity index (χ1v) is 25.4. The lowest BCUT2D eigenvalue weighted by atomic mass is 9.75. The van der Waals surface area contributed by atoms with Crippen LogP contribution >= 0.6 is 10.0 Å². The van der Waals surface area contributed by atoms with Crippen LogP contribution in [0.5, 0.6) is 5.88 Å². The van der Waals surface area contributed by atoms with E-state index in [2.05, 4.69) is 84.0 Å². The van der Waals surface area contributed by atoms with Crippen LogP contribution in [0.1, 0.15) is 78.3 Å². The molecule has 4 N–H and O–H groups in total. The number of carbonyl (C=O) groups excluding carboxylic acids is 2. The Hall–Kier alpha value is -7.78. The number of amides is 2. The van der Waals surface area contributed by atoms with Crippen LogP contribution < -0.4 is 31.2 Å². The van der Waals surface area contributed by atoms with Crippen LogP contribution in [0.25, 0.3) is 17.2 Å². The molecule has 18 heteroatoms. The van der Waals surface area contributed by atoms with E-state index in [-0.39, 0.29) is 48.6 Å². The number of halogens is 3. The third-order valence-electron chi connectivity index (χ3n) is 14.3. The summed E-state index contributed by atoms with van der Waals surface area (Å²) in [6, 6.07) is 27.7. The zero-order valence-electron chi connectivity index (χ0n) is 37.9. The van der Waals surface area contributed by atoms with E-state index in [9.17, 15) is 22.8 Å². The standard InChI is InChI=1S/C52H44F3N9O5S/c1-70(2)42-23-32(62-17-3-18-62)11-15-37(42)51(38-16-12-33(24-43(38)70)63-19-4-20-63)39-21-31(9-13-36(39)49(67)64(51)34-10-14-35-40(52(53,54)55)25-44(65)69-41(35)22-34)47(66)57-26-29-5-7-30(8-6-29)27-68-48-45-46(59-28-58-45)60-50(56)61-48/h5-11,13-15,21,23-25,28,34H,3-4,17-20,22,26-27H2,1-2H3,(H,57,66)(H3,56,58,59,60,61). The molecule has 12 rings (SSSR count). The summed E-state index contributed by atoms with van der Waals surface area (Å²) in [5.41, 5.74) is 9.12. The van der Waals surface area contributed by atoms with Gasteiger partial charge >= 0.3 is 11.8 Å². The summed E-state index contributed by atoms with van der Waals surface area (Å²) in [4.78, 5) is 66.3. The van der Waals surface area contributed by atoms with E-state index >= 15 is 4.79 Å². The normalized spacial score (nSPS) is 18.6. The number of carbonyl (C=O) groups is 2. The molecular weight excluding hydrogens is 920 g/mol. The summed E-state index contributed by atoms with van der Waals surface area (Å²) >= 11 is 0. The Labute approximate surface area is 400 Å². The highest BCUT2D eigenvalue weighted by atomic mass is 32.3. The summed E-state index contributed by atoms with van der Waals surface area (Å²) < 4.78 is 54.6. The number of aromatic amines is 1. The van der Waals surface area contributed by atoms with E-state index < -0.39 is 44.9 Å². The number of H-pyrrole nitrogens is 1. The average Bonchev–Trinajstić information content (AvgIpc) is 3.88. The fourth-order valence-corrected chi connectivity index (χ4v) is 13.0. The summed E-state index contributed by atoms with van der Waals surface area (Å²) in [6.07, 6.45) is 5.96. The highest BCUT2D eigenvalue weighted by Crippen LogP contribution is 2.70. The largest absolute Gasteiger partial charge is 0.471 e. The molecule has 5 aliphatic rings. The zero-order valence-corrected chi connectivity index (χ0v) is 38.8. The molecule has 4 aromatic carbocycles. The van der Waals surface area contributed by atoms with E-state index in [0.717, 1.165) is 76.9 Å². The minimum absolute atomic E-state index is 0.0532. The van der Waals surface area contributed by atoms with Crippen LogP contribution in [-0.4, -0.2) is 81.4 Å². The van der Waals surface area contributed by atoms with E-state index in [1.807, 2.05) is 24.3 Å². The number of hydrogen-bond donors (Lipinski definition) is 3. The number of ether oxygens (including phenoxy) is 1. The van der Waals surface area contributed by atoms with Crippen molar-refractivity contribution in [2.24, 2.45) is 0 Å². The lowest BCUT2D eigenvalue weighted by Gasteiger charge is -2.52. The minimum Gasteiger partial charge on any atom is -0.471 e. The maximum absolute atomic E-state index is 15.5. The van der Waals surface area contributed by atoms with E-state index in [4.69, 9.17) is 14.9 Å². The molecule has 1 aliphatic carbocycles. The fraction of sp³-hybridized carbons (Fsp3) is 0.269. The second-order valence-corrected chi connectivity index (χ2v) is 22.1. The van der Waals surface area contributed by atoms with Gasteiger partial charge in [-0.25, -0.2) is 9.78 Å². The van der Waals surface area contributed by atoms with Crippen molar-refractivity contribution in [3.8, 4) is 5.88 Å². The molecule has 14 nitrogen and oxygen atoms in total. The molecule has 2 atom stereocenters. The van der Waals surface area contributed by atoms with Crippen LogP contribution in [0.15, 0.2) is 104 Å². The lowest BCUT2D eigenvalue weighted by molar-refractivity contribution is -0.138. The number of benzene rings is 3. The molecule has 2 saturated heterocycles. The Morgan fingerprint density at radius 2 is 1.71 bits per heavy atom. The number of nitrogens with one attached hydrogen (secondary N) is 2. The van der Waals surface area contributed by atoms with Gasteiger partial charge in [-0.3, -0.25) is 9.59 Å². The number of aromatic nitrogens is 4. The Bertz CT molecular complexity index is 3350. The van der Waals surface area contributed by atoms with Gasteiger partial charge in [0, 0.05) is 94.1 Å². The van der Waals surface area contributed by atoms with Gasteiger partial charge in [0.25, 0.3) is 11.8 Å². The average molecular weight is 964 g/mol. The highest BCUT2D eigenvalue weighted by molar-refractivity contribution is 8.32. The van der Waals surface area contributed by atoms with Gasteiger partial charge < -0.3 is 39.9 Å². The number of alkyl halides is 3. The van der Waals surface area contributed by atoms with Gasteiger partial charge in [0.15, 0.2) is 11.2 Å². The van der Waals surface area contributed by atoms with Crippen LogP contribution in [0, 0.1) is 12.1 Å². The number of rotatable bonds is 9. The molecule has 4 aliphatic heterocycles. The summed E-state index contributed by atoms with van der Waals surface area (Å²) in [5, 5.41) is 3.06. The molecule has 7 heterocycles. The zero-order chi connectivity index (χ0) is 48.3. The monoisotopic (exact) mass is 963 g/mol. The number of nitrogens with two attached hydrogens (primary N) is 1. The SMILES string of the molecule is CS1(C)c2cc(N3CCC3)c#cc2C2(c3cc(C(=O)NCc4ccc(COc5nc(N)nc6[nH]cnc56)cc4)ccc3C(=O)N2C2C=Cc3c(C(F)(F)F)cc(=O)oc3C2)c2ccc(N3CCC3)cc21. The van der Waals surface area contributed by atoms with Crippen molar-refractivity contribution in [3.63, 3.8) is 0 Å². The van der Waals surface area contributed by atoms with Gasteiger partial charge in [-0.05, 0) is 78.9 Å². The molecule has 0 bridgehead atoms. The Kier molecular flexibility index (Phi) is 9.87. The van der Waals surface area contributed by atoms with Crippen molar-refractivity contribution >= 4 is 56.4 Å². The number of imidazole rings is 1. The van der Waals surface area contributed by atoms with Crippen LogP contribution in [0.2, 0.25) is 0 Å². The number of nitrogen functional groups attached to an aromatic ring is 1. The Morgan fingerprint density at radius 3 is 2.46 bits per heavy atom. The maximum Gasteiger partial charge on any atom is 0.417 e. The van der Waals surface area contributed by atoms with E-state index in [1.165, 1.54) is 12.4 Å². The summed E-state index contributed by atoms with van der Waals surface area (Å²) in [7, 11) is -1.84. The van der Waals surface area contributed by atoms with Crippen LogP contribution in [0.4, 0.5) is 30.5 Å². The quantitative estimate of drug-likeness (QED) is 0.130. The first-order valence-electron chi connectivity index (χ1n) is 22.9. The second-order valence-electron chi connectivity index (χ2n) is 18.6. The maximum atomic E-state index is 15.5. The molecule has 2 fully saturated rings. The van der Waals surface area contributed by atoms with E-state index in [0.29, 0.717) is 39.5 Å². The Morgan fingerprint density at radius 1 is 0.943 bits per heavy atom. The topological polar surface area (TPSA) is 176 Å². The van der Waals surface area contributed by atoms with Crippen LogP contribution in [0.3, 0.4) is 0 Å². The Balaban J connectivity index is 0.940. The van der Waals surface area contributed by atoms with Crippen molar-refractivity contribution in [3.05, 3.63) is 164 Å². The highest BCUT2D eigenvalue weighted by Gasteiger charge is 2.60. The summed E-state index contributed by atoms with van der Waals surface area (Å²) in [5.74, 6) is -0.639. The summed E-state index contributed by atoms with van der Waals surface area (Å²) in [6.45, 7) is 3.94. The third-order valence-corrected chi connectivity index (χ3v) is 17.1. The fourth-order valence-electron chi connectivity index (χ4n) is 10.5. The molecule has 3 aromatic heterocycles. The number of fused-ring (bicyclic) bond motifs is 8. The van der Waals surface area contributed by atoms with Gasteiger partial charge in [0.2, 0.25) is 11.8 Å². The van der Waals surface area contributed by atoms with Crippen molar-refractivity contribution < 1.29 is 31.9 Å². The molecule has 2 unspecified atom stereocenters. The van der Waals surface area contributed by atoms with Gasteiger partial charge in [-0.15, -0.1) is 0 Å². The minimum atomic E-state index is -4.82. The van der Waals surface area contributed by atoms with Crippen molar-refractivity contribution in [1.82, 2.24) is 30.2 Å². The third kappa shape index (κ3) is 6.80. The van der Waals surface area contributed by atoms with Gasteiger partial charge in [0.1, 0.15) is 17.9 Å². The molecule has 0 saturated carbocycles. The molecule has 1 spiro atoms. The lowest BCUT2D eigenvalue weighted by Crippen LogP contribution is -2.53. The first kappa shape index (κ1) is 43.5. The van der Waals surface area contributed by atoms with E-state index in [1.54, 1.807) is 29.2 Å². The second kappa shape index (κ2) is 15.9. The van der Waals surface area contributed by atoms with Gasteiger partial charge in [-0.2, -0.15) is 33.2 Å². The van der Waals surface area contributed by atoms with Crippen molar-refractivity contribution in [2.45, 2.75) is 60.0 Å². The molecule has 70 heavy (non-hydrogen) atoms. The molecule has 0 radical (unpaired) electrons. The number of anilines is 3. The number of hydrogen-bond acceptors (Lipinski definition) is 11. The van der Waals surface area contributed by atoms with Crippen LogP contribution in [-0.2, 0) is 31.3 Å². The molecule has 2 amide bonds. The number of nitrogens with zero attached hydrogens (tertiary/aromatic N) is 6. The molecule has 7 aromatic rings. The first-order chi connectivity index (χ1) is 33.7. The van der Waals surface area contributed by atoms with Gasteiger partial charge in [0.05, 0.1) is 23.6 Å².